The first-order valence-electron chi connectivity index (χ1n) is 8.60. The average Bonchev–Trinajstić information content (AvgIpc) is 2.99. The van der Waals surface area contributed by atoms with Crippen LogP contribution in [0.5, 0.6) is 0 Å². The van der Waals surface area contributed by atoms with E-state index in [1.807, 2.05) is 6.92 Å². The van der Waals surface area contributed by atoms with E-state index in [1.165, 1.54) is 0 Å². The Morgan fingerprint density at radius 1 is 1.42 bits per heavy atom. The van der Waals surface area contributed by atoms with Crippen molar-refractivity contribution in [2.45, 2.75) is 58.2 Å². The van der Waals surface area contributed by atoms with Crippen molar-refractivity contribution in [1.29, 1.82) is 0 Å². The molecule has 1 aliphatic carbocycles. The molecule has 0 amide bonds. The molecule has 0 spiro atoms. The molecule has 3 rings (SSSR count). The van der Waals surface area contributed by atoms with E-state index in [-0.39, 0.29) is 12.1 Å². The van der Waals surface area contributed by atoms with Gasteiger partial charge < -0.3 is 15.2 Å². The molecule has 2 heterocycles. The number of hydrogen-bond donors (Lipinski definition) is 2. The summed E-state index contributed by atoms with van der Waals surface area (Å²) in [6.07, 6.45) is 6.43. The maximum Gasteiger partial charge on any atom is 0.341 e. The van der Waals surface area contributed by atoms with E-state index < -0.39 is 5.97 Å². The van der Waals surface area contributed by atoms with E-state index in [0.717, 1.165) is 30.3 Å². The van der Waals surface area contributed by atoms with E-state index in [0.29, 0.717) is 30.8 Å². The summed E-state index contributed by atoms with van der Waals surface area (Å²) < 4.78 is 6.96. The first-order valence-corrected chi connectivity index (χ1v) is 8.60. The lowest BCUT2D eigenvalue weighted by molar-refractivity contribution is 0.0527. The largest absolute Gasteiger partial charge is 0.462 e. The van der Waals surface area contributed by atoms with Gasteiger partial charge in [-0.15, -0.1) is 0 Å². The van der Waals surface area contributed by atoms with Crippen molar-refractivity contribution in [2.24, 2.45) is 0 Å². The summed E-state index contributed by atoms with van der Waals surface area (Å²) >= 11 is 0. The lowest BCUT2D eigenvalue weighted by Gasteiger charge is -2.28. The van der Waals surface area contributed by atoms with Crippen LogP contribution >= 0.6 is 0 Å². The highest BCUT2D eigenvalue weighted by Crippen LogP contribution is 2.30. The number of carbonyl (C=O) groups excluding carboxylic acids is 1. The van der Waals surface area contributed by atoms with Gasteiger partial charge in [0.15, 0.2) is 5.65 Å². The van der Waals surface area contributed by atoms with E-state index in [1.54, 1.807) is 24.0 Å². The number of fused-ring (bicyclic) bond motifs is 1. The number of nitrogens with one attached hydrogen (secondary N) is 1. The molecule has 2 atom stereocenters. The summed E-state index contributed by atoms with van der Waals surface area (Å²) in [6, 6.07) is 0.123. The molecule has 1 saturated carbocycles. The normalized spacial score (nSPS) is 21.0. The molecule has 7 heteroatoms. The Bertz CT molecular complexity index is 728. The second-order valence-corrected chi connectivity index (χ2v) is 6.13. The lowest BCUT2D eigenvalue weighted by atomic mass is 9.92. The van der Waals surface area contributed by atoms with E-state index in [4.69, 9.17) is 4.74 Å². The molecular weight excluding hydrogens is 308 g/mol. The minimum absolute atomic E-state index is 0.123. The quantitative estimate of drug-likeness (QED) is 0.817. The van der Waals surface area contributed by atoms with Gasteiger partial charge in [-0.05, 0) is 39.5 Å². The van der Waals surface area contributed by atoms with Gasteiger partial charge in [-0.3, -0.25) is 0 Å². The molecule has 1 fully saturated rings. The van der Waals surface area contributed by atoms with Gasteiger partial charge in [-0.25, -0.2) is 14.5 Å². The van der Waals surface area contributed by atoms with Crippen LogP contribution in [0.25, 0.3) is 11.0 Å². The Labute approximate surface area is 141 Å². The van der Waals surface area contributed by atoms with Crippen LogP contribution in [-0.2, 0) is 11.3 Å². The van der Waals surface area contributed by atoms with E-state index >= 15 is 0 Å². The fraction of sp³-hybridized carbons (Fsp3) is 0.588. The summed E-state index contributed by atoms with van der Waals surface area (Å²) in [5.41, 5.74) is 1.86. The summed E-state index contributed by atoms with van der Waals surface area (Å²) in [6.45, 7) is 4.80. The van der Waals surface area contributed by atoms with Crippen LogP contribution in [0.2, 0.25) is 0 Å². The third-order valence-corrected chi connectivity index (χ3v) is 4.46. The number of carbonyl (C=O) groups is 1. The van der Waals surface area contributed by atoms with Crippen molar-refractivity contribution >= 4 is 22.7 Å². The zero-order valence-electron chi connectivity index (χ0n) is 14.2. The number of aromatic nitrogens is 3. The van der Waals surface area contributed by atoms with Crippen molar-refractivity contribution in [1.82, 2.24) is 14.8 Å². The Balaban J connectivity index is 2.01. The topological polar surface area (TPSA) is 89.3 Å². The summed E-state index contributed by atoms with van der Waals surface area (Å²) in [7, 11) is 0. The van der Waals surface area contributed by atoms with Crippen LogP contribution in [0.4, 0.5) is 5.69 Å². The molecule has 0 unspecified atom stereocenters. The molecule has 2 N–H and O–H groups in total. The van der Waals surface area contributed by atoms with Gasteiger partial charge in [0.25, 0.3) is 0 Å². The number of aryl methyl sites for hydroxylation is 1. The molecule has 0 bridgehead atoms. The van der Waals surface area contributed by atoms with Crippen molar-refractivity contribution in [2.75, 3.05) is 11.9 Å². The smallest absolute Gasteiger partial charge is 0.341 e. The fourth-order valence-corrected chi connectivity index (χ4v) is 3.28. The number of ether oxygens (including phenoxy) is 1. The minimum Gasteiger partial charge on any atom is -0.462 e. The SMILES string of the molecule is CCOC(=O)c1cnc2c(cnn2CC)c1N[C@@H]1CCC[C@H](O)C1. The standard InChI is InChI=1S/C17H24N4O3/c1-3-21-16-13(10-19-21)15(14(9-18-16)17(23)24-4-2)20-11-6-5-7-12(22)8-11/h9-12,22H,3-8H2,1-2H3,(H,18,20)/t11-,12+/m1/s1. The van der Waals surface area contributed by atoms with Gasteiger partial charge in [0.1, 0.15) is 5.56 Å². The summed E-state index contributed by atoms with van der Waals surface area (Å²) in [4.78, 5) is 16.7. The number of esters is 1. The maximum atomic E-state index is 12.3. The molecule has 7 nitrogen and oxygen atoms in total. The highest BCUT2D eigenvalue weighted by Gasteiger charge is 2.24. The Kier molecular flexibility index (Phi) is 4.99. The van der Waals surface area contributed by atoms with Gasteiger partial charge >= 0.3 is 5.97 Å². The zero-order valence-corrected chi connectivity index (χ0v) is 14.2. The Morgan fingerprint density at radius 2 is 2.25 bits per heavy atom. The molecular formula is C17H24N4O3. The molecule has 130 valence electrons. The molecule has 0 radical (unpaired) electrons. The molecule has 1 aliphatic rings. The Hall–Kier alpha value is -2.15. The van der Waals surface area contributed by atoms with Crippen molar-refractivity contribution in [3.8, 4) is 0 Å². The van der Waals surface area contributed by atoms with E-state index in [9.17, 15) is 9.90 Å². The lowest BCUT2D eigenvalue weighted by Crippen LogP contribution is -2.30. The van der Waals surface area contributed by atoms with Gasteiger partial charge in [-0.1, -0.05) is 0 Å². The van der Waals surface area contributed by atoms with Crippen LogP contribution in [0.15, 0.2) is 12.4 Å². The first-order chi connectivity index (χ1) is 11.6. The summed E-state index contributed by atoms with van der Waals surface area (Å²) in [5.74, 6) is -0.394. The van der Waals surface area contributed by atoms with Crippen LogP contribution in [0.3, 0.4) is 0 Å². The maximum absolute atomic E-state index is 12.3. The molecule has 2 aromatic rings. The highest BCUT2D eigenvalue weighted by atomic mass is 16.5. The molecule has 0 aromatic carbocycles. The number of nitrogens with zero attached hydrogens (tertiary/aromatic N) is 3. The van der Waals surface area contributed by atoms with Gasteiger partial charge in [0.05, 0.1) is 30.0 Å². The summed E-state index contributed by atoms with van der Waals surface area (Å²) in [5, 5.41) is 18.5. The number of rotatable bonds is 5. The number of anilines is 1. The molecule has 0 saturated heterocycles. The van der Waals surface area contributed by atoms with Crippen LogP contribution < -0.4 is 5.32 Å². The zero-order chi connectivity index (χ0) is 17.1. The van der Waals surface area contributed by atoms with Gasteiger partial charge in [-0.2, -0.15) is 5.10 Å². The number of pyridine rings is 1. The fourth-order valence-electron chi connectivity index (χ4n) is 3.28. The van der Waals surface area contributed by atoms with Crippen molar-refractivity contribution in [3.63, 3.8) is 0 Å². The second kappa shape index (κ2) is 7.17. The first kappa shape index (κ1) is 16.7. The monoisotopic (exact) mass is 332 g/mol. The molecule has 0 aliphatic heterocycles. The predicted octanol–water partition coefficient (Wildman–Crippen LogP) is 2.34. The minimum atomic E-state index is -0.394. The number of aliphatic hydroxyl groups is 1. The van der Waals surface area contributed by atoms with Gasteiger partial charge in [0.2, 0.25) is 0 Å². The molecule has 24 heavy (non-hydrogen) atoms. The average molecular weight is 332 g/mol. The second-order valence-electron chi connectivity index (χ2n) is 6.13. The van der Waals surface area contributed by atoms with Crippen molar-refractivity contribution < 1.29 is 14.6 Å². The Morgan fingerprint density at radius 3 is 2.96 bits per heavy atom. The molecule has 2 aromatic heterocycles. The third kappa shape index (κ3) is 3.21. The van der Waals surface area contributed by atoms with Crippen LogP contribution in [0, 0.1) is 0 Å². The number of hydrogen-bond acceptors (Lipinski definition) is 6. The number of aliphatic hydroxyl groups excluding tert-OH is 1. The van der Waals surface area contributed by atoms with Crippen LogP contribution in [-0.4, -0.2) is 44.6 Å². The van der Waals surface area contributed by atoms with Crippen LogP contribution in [0.1, 0.15) is 49.9 Å². The van der Waals surface area contributed by atoms with E-state index in [2.05, 4.69) is 15.4 Å². The van der Waals surface area contributed by atoms with Crippen molar-refractivity contribution in [3.05, 3.63) is 18.0 Å². The van der Waals surface area contributed by atoms with Gasteiger partial charge in [0, 0.05) is 18.8 Å². The highest BCUT2D eigenvalue weighted by molar-refractivity contribution is 6.04. The predicted molar refractivity (Wildman–Crippen MR) is 91.0 cm³/mol. The third-order valence-electron chi connectivity index (χ3n) is 4.46.